The first kappa shape index (κ1) is 11.9. The minimum absolute atomic E-state index is 0.430. The predicted molar refractivity (Wildman–Crippen MR) is 76.0 cm³/mol. The van der Waals surface area contributed by atoms with Crippen LogP contribution in [0.4, 0.5) is 0 Å². The van der Waals surface area contributed by atoms with Crippen molar-refractivity contribution in [3.63, 3.8) is 0 Å². The van der Waals surface area contributed by atoms with Gasteiger partial charge in [0.2, 0.25) is 0 Å². The topological polar surface area (TPSA) is 29.9 Å². The average molecular weight is 306 g/mol. The second-order valence-corrected chi connectivity index (χ2v) is 5.54. The maximum absolute atomic E-state index is 4.32. The van der Waals surface area contributed by atoms with E-state index in [0.717, 1.165) is 16.7 Å². The summed E-state index contributed by atoms with van der Waals surface area (Å²) in [5.41, 5.74) is 3.65. The fourth-order valence-corrected chi connectivity index (χ4v) is 2.97. The van der Waals surface area contributed by atoms with E-state index in [9.17, 15) is 0 Å². The van der Waals surface area contributed by atoms with Gasteiger partial charge in [-0.1, -0.05) is 12.1 Å². The van der Waals surface area contributed by atoms with E-state index in [1.807, 2.05) is 12.5 Å². The Morgan fingerprint density at radius 2 is 2.33 bits per heavy atom. The van der Waals surface area contributed by atoms with Crippen molar-refractivity contribution < 1.29 is 0 Å². The molecule has 0 saturated carbocycles. The smallest absolute Gasteiger partial charge is 0.0995 e. The number of aromatic nitrogens is 2. The average Bonchev–Trinajstić information content (AvgIpc) is 3.01. The number of hydrogen-bond donors (Lipinski definition) is 1. The second-order valence-electron chi connectivity index (χ2n) is 4.75. The Balaban J connectivity index is 2.06. The molecule has 1 atom stereocenters. The molecule has 0 spiro atoms. The summed E-state index contributed by atoms with van der Waals surface area (Å²) >= 11 is 3.68. The Bertz CT molecular complexity index is 556. The van der Waals surface area contributed by atoms with E-state index >= 15 is 0 Å². The van der Waals surface area contributed by atoms with Crippen LogP contribution in [0.5, 0.6) is 0 Å². The van der Waals surface area contributed by atoms with Crippen LogP contribution in [0.2, 0.25) is 0 Å². The highest BCUT2D eigenvalue weighted by Crippen LogP contribution is 2.29. The number of imidazole rings is 1. The van der Waals surface area contributed by atoms with Crippen molar-refractivity contribution in [3.8, 4) is 5.69 Å². The molecule has 0 aliphatic carbocycles. The summed E-state index contributed by atoms with van der Waals surface area (Å²) in [4.78, 5) is 4.32. The molecule has 0 radical (unpaired) electrons. The molecule has 1 unspecified atom stereocenters. The van der Waals surface area contributed by atoms with Gasteiger partial charge < -0.3 is 9.88 Å². The highest BCUT2D eigenvalue weighted by Gasteiger charge is 2.21. The fourth-order valence-electron chi connectivity index (χ4n) is 2.52. The van der Waals surface area contributed by atoms with Crippen molar-refractivity contribution in [1.29, 1.82) is 0 Å². The van der Waals surface area contributed by atoms with Crippen molar-refractivity contribution in [3.05, 3.63) is 46.5 Å². The van der Waals surface area contributed by atoms with Gasteiger partial charge in [0.25, 0.3) is 0 Å². The van der Waals surface area contributed by atoms with Crippen LogP contribution in [0.25, 0.3) is 5.69 Å². The molecule has 1 fully saturated rings. The van der Waals surface area contributed by atoms with Crippen molar-refractivity contribution in [1.82, 2.24) is 14.9 Å². The molecule has 2 aromatic rings. The molecule has 18 heavy (non-hydrogen) atoms. The standard InChI is InChI=1S/C14H16BrN3/c1-10-4-2-6-12(14(10)15)18-9-16-8-13(18)11-5-3-7-17-11/h2,4,6,8-9,11,17H,3,5,7H2,1H3. The lowest BCUT2D eigenvalue weighted by atomic mass is 10.1. The molecule has 3 rings (SSSR count). The first-order valence-corrected chi connectivity index (χ1v) is 7.08. The van der Waals surface area contributed by atoms with Gasteiger partial charge in [-0.05, 0) is 53.9 Å². The largest absolute Gasteiger partial charge is 0.309 e. The quantitative estimate of drug-likeness (QED) is 0.922. The van der Waals surface area contributed by atoms with Crippen LogP contribution in [-0.4, -0.2) is 16.1 Å². The number of nitrogens with one attached hydrogen (secondary N) is 1. The van der Waals surface area contributed by atoms with Crippen LogP contribution in [0.15, 0.2) is 35.2 Å². The monoisotopic (exact) mass is 305 g/mol. The Kier molecular flexibility index (Phi) is 3.22. The Morgan fingerprint density at radius 1 is 1.44 bits per heavy atom. The van der Waals surface area contributed by atoms with E-state index in [-0.39, 0.29) is 0 Å². The lowest BCUT2D eigenvalue weighted by Gasteiger charge is -2.15. The molecular formula is C14H16BrN3. The molecular weight excluding hydrogens is 290 g/mol. The normalized spacial score (nSPS) is 19.3. The second kappa shape index (κ2) is 4.86. The molecule has 2 heterocycles. The van der Waals surface area contributed by atoms with Crippen LogP contribution in [-0.2, 0) is 0 Å². The maximum Gasteiger partial charge on any atom is 0.0995 e. The molecule has 1 aromatic carbocycles. The summed E-state index contributed by atoms with van der Waals surface area (Å²) < 4.78 is 3.32. The zero-order valence-corrected chi connectivity index (χ0v) is 11.9. The van der Waals surface area contributed by atoms with E-state index in [2.05, 4.69) is 55.9 Å². The number of aryl methyl sites for hydroxylation is 1. The van der Waals surface area contributed by atoms with E-state index in [1.165, 1.54) is 24.1 Å². The molecule has 0 bridgehead atoms. The first-order valence-electron chi connectivity index (χ1n) is 6.28. The predicted octanol–water partition coefficient (Wildman–Crippen LogP) is 3.37. The van der Waals surface area contributed by atoms with Crippen molar-refractivity contribution in [2.24, 2.45) is 0 Å². The third kappa shape index (κ3) is 1.99. The van der Waals surface area contributed by atoms with Crippen LogP contribution >= 0.6 is 15.9 Å². The van der Waals surface area contributed by atoms with Crippen LogP contribution in [0.1, 0.15) is 30.1 Å². The van der Waals surface area contributed by atoms with Gasteiger partial charge in [-0.25, -0.2) is 4.98 Å². The molecule has 1 aliphatic rings. The van der Waals surface area contributed by atoms with Gasteiger partial charge in [-0.2, -0.15) is 0 Å². The van der Waals surface area contributed by atoms with E-state index in [0.29, 0.717) is 6.04 Å². The van der Waals surface area contributed by atoms with Gasteiger partial charge in [0.05, 0.1) is 23.9 Å². The van der Waals surface area contributed by atoms with Gasteiger partial charge in [-0.15, -0.1) is 0 Å². The molecule has 0 amide bonds. The minimum atomic E-state index is 0.430. The highest BCUT2D eigenvalue weighted by molar-refractivity contribution is 9.10. The maximum atomic E-state index is 4.32. The van der Waals surface area contributed by atoms with Crippen molar-refractivity contribution in [2.75, 3.05) is 6.54 Å². The fraction of sp³-hybridized carbons (Fsp3) is 0.357. The SMILES string of the molecule is Cc1cccc(-n2cncc2C2CCCN2)c1Br. The van der Waals surface area contributed by atoms with Crippen LogP contribution in [0.3, 0.4) is 0 Å². The lowest BCUT2D eigenvalue weighted by Crippen LogP contribution is -2.16. The molecule has 4 heteroatoms. The van der Waals surface area contributed by atoms with E-state index in [4.69, 9.17) is 0 Å². The Labute approximate surface area is 115 Å². The van der Waals surface area contributed by atoms with Crippen LogP contribution < -0.4 is 5.32 Å². The minimum Gasteiger partial charge on any atom is -0.309 e. The summed E-state index contributed by atoms with van der Waals surface area (Å²) in [5.74, 6) is 0. The summed E-state index contributed by atoms with van der Waals surface area (Å²) in [6.07, 6.45) is 6.30. The summed E-state index contributed by atoms with van der Waals surface area (Å²) in [5, 5.41) is 3.53. The van der Waals surface area contributed by atoms with Gasteiger partial charge in [0, 0.05) is 10.5 Å². The first-order chi connectivity index (χ1) is 8.77. The van der Waals surface area contributed by atoms with E-state index in [1.54, 1.807) is 0 Å². The Hall–Kier alpha value is -1.13. The number of nitrogens with zero attached hydrogens (tertiary/aromatic N) is 2. The Morgan fingerprint density at radius 3 is 3.11 bits per heavy atom. The molecule has 1 saturated heterocycles. The van der Waals surface area contributed by atoms with Crippen molar-refractivity contribution in [2.45, 2.75) is 25.8 Å². The van der Waals surface area contributed by atoms with Crippen LogP contribution in [0, 0.1) is 6.92 Å². The molecule has 3 nitrogen and oxygen atoms in total. The highest BCUT2D eigenvalue weighted by atomic mass is 79.9. The number of hydrogen-bond acceptors (Lipinski definition) is 2. The molecule has 1 N–H and O–H groups in total. The van der Waals surface area contributed by atoms with Gasteiger partial charge >= 0.3 is 0 Å². The summed E-state index contributed by atoms with van der Waals surface area (Å²) in [6.45, 7) is 3.21. The summed E-state index contributed by atoms with van der Waals surface area (Å²) in [6, 6.07) is 6.75. The third-order valence-corrected chi connectivity index (χ3v) is 4.55. The molecule has 1 aromatic heterocycles. The van der Waals surface area contributed by atoms with Gasteiger partial charge in [0.1, 0.15) is 0 Å². The third-order valence-electron chi connectivity index (χ3n) is 3.52. The zero-order valence-electron chi connectivity index (χ0n) is 10.4. The molecule has 94 valence electrons. The number of rotatable bonds is 2. The molecule has 1 aliphatic heterocycles. The van der Waals surface area contributed by atoms with E-state index < -0.39 is 0 Å². The van der Waals surface area contributed by atoms with Gasteiger partial charge in [-0.3, -0.25) is 0 Å². The van der Waals surface area contributed by atoms with Gasteiger partial charge in [0.15, 0.2) is 0 Å². The lowest BCUT2D eigenvalue weighted by molar-refractivity contribution is 0.615. The number of benzene rings is 1. The summed E-state index contributed by atoms with van der Waals surface area (Å²) in [7, 11) is 0. The number of halogens is 1. The van der Waals surface area contributed by atoms with Crippen molar-refractivity contribution >= 4 is 15.9 Å². The zero-order chi connectivity index (χ0) is 12.5.